The lowest BCUT2D eigenvalue weighted by Gasteiger charge is -2.11. The molecule has 6 heteroatoms. The first kappa shape index (κ1) is 15.1. The Bertz CT molecular complexity index is 412. The van der Waals surface area contributed by atoms with Crippen LogP contribution in [0.3, 0.4) is 0 Å². The predicted molar refractivity (Wildman–Crippen MR) is 73.5 cm³/mol. The van der Waals surface area contributed by atoms with Crippen molar-refractivity contribution in [3.05, 3.63) is 38.3 Å². The van der Waals surface area contributed by atoms with Crippen LogP contribution in [0, 0.1) is 16.0 Å². The van der Waals surface area contributed by atoms with Crippen LogP contribution < -0.4 is 5.32 Å². The number of nitro groups is 1. The van der Waals surface area contributed by atoms with Crippen molar-refractivity contribution in [1.82, 2.24) is 5.32 Å². The molecule has 100 valence electrons. The van der Waals surface area contributed by atoms with Crippen molar-refractivity contribution >= 4 is 21.6 Å². The van der Waals surface area contributed by atoms with Gasteiger partial charge in [0, 0.05) is 42.9 Å². The van der Waals surface area contributed by atoms with E-state index in [0.29, 0.717) is 24.6 Å². The summed E-state index contributed by atoms with van der Waals surface area (Å²) in [4.78, 5) is 10.5. The fraction of sp³-hybridized carbons (Fsp3) is 0.500. The zero-order valence-electron chi connectivity index (χ0n) is 10.5. The molecule has 0 bridgehead atoms. The van der Waals surface area contributed by atoms with Crippen molar-refractivity contribution < 1.29 is 9.66 Å². The minimum absolute atomic E-state index is 0.144. The maximum Gasteiger partial charge on any atom is 0.273 e. The van der Waals surface area contributed by atoms with E-state index in [1.54, 1.807) is 19.2 Å². The van der Waals surface area contributed by atoms with Crippen molar-refractivity contribution in [2.45, 2.75) is 13.5 Å². The van der Waals surface area contributed by atoms with Crippen molar-refractivity contribution in [3.63, 3.8) is 0 Å². The van der Waals surface area contributed by atoms with Gasteiger partial charge in [0.25, 0.3) is 5.69 Å². The van der Waals surface area contributed by atoms with Crippen molar-refractivity contribution in [1.29, 1.82) is 0 Å². The molecule has 1 rings (SSSR count). The van der Waals surface area contributed by atoms with Gasteiger partial charge >= 0.3 is 0 Å². The molecule has 0 radical (unpaired) electrons. The number of halogens is 1. The van der Waals surface area contributed by atoms with E-state index in [9.17, 15) is 10.1 Å². The molecule has 0 aliphatic carbocycles. The number of rotatable bonds is 7. The van der Waals surface area contributed by atoms with Crippen LogP contribution in [-0.2, 0) is 11.3 Å². The van der Waals surface area contributed by atoms with E-state index in [4.69, 9.17) is 4.74 Å². The van der Waals surface area contributed by atoms with Gasteiger partial charge in [0.1, 0.15) is 0 Å². The van der Waals surface area contributed by atoms with E-state index >= 15 is 0 Å². The maximum absolute atomic E-state index is 10.9. The van der Waals surface area contributed by atoms with Gasteiger partial charge in [-0.2, -0.15) is 0 Å². The molecule has 1 atom stereocenters. The molecule has 1 aromatic rings. The second-order valence-corrected chi connectivity index (χ2v) is 5.14. The van der Waals surface area contributed by atoms with Crippen LogP contribution in [0.4, 0.5) is 5.69 Å². The molecule has 0 fully saturated rings. The normalized spacial score (nSPS) is 12.4. The lowest BCUT2D eigenvalue weighted by Crippen LogP contribution is -2.23. The largest absolute Gasteiger partial charge is 0.384 e. The van der Waals surface area contributed by atoms with Crippen LogP contribution in [0.1, 0.15) is 12.5 Å². The lowest BCUT2D eigenvalue weighted by molar-refractivity contribution is -0.385. The summed E-state index contributed by atoms with van der Waals surface area (Å²) in [7, 11) is 1.66. The first-order valence-electron chi connectivity index (χ1n) is 5.67. The Labute approximate surface area is 115 Å². The van der Waals surface area contributed by atoms with Crippen LogP contribution in [0.25, 0.3) is 0 Å². The van der Waals surface area contributed by atoms with E-state index in [1.165, 1.54) is 6.07 Å². The van der Waals surface area contributed by atoms with Crippen molar-refractivity contribution in [2.24, 2.45) is 5.92 Å². The molecule has 1 N–H and O–H groups in total. The van der Waals surface area contributed by atoms with Crippen LogP contribution in [0.2, 0.25) is 0 Å². The third kappa shape index (κ3) is 4.72. The minimum Gasteiger partial charge on any atom is -0.384 e. The van der Waals surface area contributed by atoms with Gasteiger partial charge in [0.2, 0.25) is 0 Å². The minimum atomic E-state index is -0.359. The number of methoxy groups -OCH3 is 1. The number of nitrogens with zero attached hydrogens (tertiary/aromatic N) is 1. The van der Waals surface area contributed by atoms with E-state index < -0.39 is 0 Å². The van der Waals surface area contributed by atoms with Crippen LogP contribution in [0.15, 0.2) is 22.7 Å². The standard InChI is InChI=1S/C12H17BrN2O3/c1-9(8-18-2)6-14-7-10-5-11(13)3-4-12(10)15(16)17/h3-5,9,14H,6-8H2,1-2H3. The zero-order chi connectivity index (χ0) is 13.5. The van der Waals surface area contributed by atoms with E-state index in [1.807, 2.05) is 0 Å². The lowest BCUT2D eigenvalue weighted by atomic mass is 10.1. The first-order chi connectivity index (χ1) is 8.54. The molecule has 1 aromatic carbocycles. The highest BCUT2D eigenvalue weighted by molar-refractivity contribution is 9.10. The number of ether oxygens (including phenoxy) is 1. The highest BCUT2D eigenvalue weighted by atomic mass is 79.9. The third-order valence-corrected chi connectivity index (χ3v) is 2.99. The van der Waals surface area contributed by atoms with Crippen LogP contribution >= 0.6 is 15.9 Å². The molecular weight excluding hydrogens is 300 g/mol. The summed E-state index contributed by atoms with van der Waals surface area (Å²) in [6, 6.07) is 4.96. The number of hydrogen-bond acceptors (Lipinski definition) is 4. The molecule has 0 aromatic heterocycles. The highest BCUT2D eigenvalue weighted by Crippen LogP contribution is 2.22. The molecule has 0 heterocycles. The molecule has 0 saturated heterocycles. The second kappa shape index (κ2) is 7.45. The van der Waals surface area contributed by atoms with Gasteiger partial charge in [0.05, 0.1) is 4.92 Å². The van der Waals surface area contributed by atoms with Crippen molar-refractivity contribution in [2.75, 3.05) is 20.3 Å². The second-order valence-electron chi connectivity index (χ2n) is 4.22. The molecule has 0 saturated carbocycles. The average Bonchev–Trinajstić information content (AvgIpc) is 2.29. The zero-order valence-corrected chi connectivity index (χ0v) is 12.1. The summed E-state index contributed by atoms with van der Waals surface area (Å²) in [6.45, 7) is 3.97. The summed E-state index contributed by atoms with van der Waals surface area (Å²) in [6.07, 6.45) is 0. The maximum atomic E-state index is 10.9. The van der Waals surface area contributed by atoms with E-state index in [2.05, 4.69) is 28.2 Å². The highest BCUT2D eigenvalue weighted by Gasteiger charge is 2.13. The van der Waals surface area contributed by atoms with Crippen LogP contribution in [0.5, 0.6) is 0 Å². The first-order valence-corrected chi connectivity index (χ1v) is 6.46. The summed E-state index contributed by atoms with van der Waals surface area (Å²) < 4.78 is 5.87. The molecule has 1 unspecified atom stereocenters. The fourth-order valence-electron chi connectivity index (χ4n) is 1.67. The Balaban J connectivity index is 2.60. The molecule has 18 heavy (non-hydrogen) atoms. The molecular formula is C12H17BrN2O3. The van der Waals surface area contributed by atoms with E-state index in [-0.39, 0.29) is 10.6 Å². The summed E-state index contributed by atoms with van der Waals surface area (Å²) in [5.74, 6) is 0.376. The number of hydrogen-bond donors (Lipinski definition) is 1. The Hall–Kier alpha value is -0.980. The van der Waals surface area contributed by atoms with Gasteiger partial charge < -0.3 is 10.1 Å². The van der Waals surface area contributed by atoms with E-state index in [0.717, 1.165) is 11.0 Å². The fourth-order valence-corrected chi connectivity index (χ4v) is 2.08. The van der Waals surface area contributed by atoms with Gasteiger partial charge in [-0.05, 0) is 18.1 Å². The molecule has 0 spiro atoms. The Kier molecular flexibility index (Phi) is 6.24. The topological polar surface area (TPSA) is 64.4 Å². The van der Waals surface area contributed by atoms with Gasteiger partial charge in [-0.3, -0.25) is 10.1 Å². The molecule has 0 amide bonds. The van der Waals surface area contributed by atoms with Gasteiger partial charge in [-0.1, -0.05) is 22.9 Å². The molecule has 0 aliphatic heterocycles. The number of nitrogens with one attached hydrogen (secondary N) is 1. The Morgan fingerprint density at radius 2 is 2.28 bits per heavy atom. The number of nitro benzene ring substituents is 1. The summed E-state index contributed by atoms with van der Waals surface area (Å²) in [5.41, 5.74) is 0.823. The smallest absolute Gasteiger partial charge is 0.273 e. The van der Waals surface area contributed by atoms with Crippen LogP contribution in [-0.4, -0.2) is 25.2 Å². The van der Waals surface area contributed by atoms with Crippen molar-refractivity contribution in [3.8, 4) is 0 Å². The van der Waals surface area contributed by atoms with Gasteiger partial charge in [0.15, 0.2) is 0 Å². The summed E-state index contributed by atoms with van der Waals surface area (Å²) >= 11 is 3.32. The average molecular weight is 317 g/mol. The monoisotopic (exact) mass is 316 g/mol. The predicted octanol–water partition coefficient (Wildman–Crippen LogP) is 2.73. The molecule has 5 nitrogen and oxygen atoms in total. The Morgan fingerprint density at radius 3 is 2.89 bits per heavy atom. The molecule has 0 aliphatic rings. The van der Waals surface area contributed by atoms with Gasteiger partial charge in [-0.15, -0.1) is 0 Å². The quantitative estimate of drug-likeness (QED) is 0.620. The SMILES string of the molecule is COCC(C)CNCc1cc(Br)ccc1[N+](=O)[O-]. The summed E-state index contributed by atoms with van der Waals surface area (Å²) in [5, 5.41) is 14.1. The number of benzene rings is 1. The Morgan fingerprint density at radius 1 is 1.56 bits per heavy atom. The third-order valence-electron chi connectivity index (χ3n) is 2.50. The van der Waals surface area contributed by atoms with Gasteiger partial charge in [-0.25, -0.2) is 0 Å².